The summed E-state index contributed by atoms with van der Waals surface area (Å²) in [6, 6.07) is 1.10. The molecular weight excluding hydrogens is 184 g/mol. The third kappa shape index (κ3) is 2.94. The number of nitrogens with zero attached hydrogens (tertiary/aromatic N) is 1. The maximum Gasteiger partial charge on any atom is 0.0244 e. The molecule has 2 aliphatic rings. The molecule has 2 N–H and O–H groups in total. The number of nitrogens with two attached hydrogens (primary N) is 1. The van der Waals surface area contributed by atoms with Crippen LogP contribution in [0.15, 0.2) is 0 Å². The highest BCUT2D eigenvalue weighted by molar-refractivity contribution is 4.85. The van der Waals surface area contributed by atoms with Crippen molar-refractivity contribution in [2.45, 2.75) is 63.5 Å². The second-order valence-corrected chi connectivity index (χ2v) is 5.61. The standard InChI is InChI=1S/C13H26N2/c1-15(10-11-6-2-3-7-11)13-9-5-4-8-12(13)14/h11-13H,2-10,14H2,1H3. The summed E-state index contributed by atoms with van der Waals surface area (Å²) >= 11 is 0. The Kier molecular flexibility index (Phi) is 4.04. The monoisotopic (exact) mass is 210 g/mol. The Morgan fingerprint density at radius 1 is 1.00 bits per heavy atom. The molecule has 0 radical (unpaired) electrons. The smallest absolute Gasteiger partial charge is 0.0244 e. The van der Waals surface area contributed by atoms with Gasteiger partial charge in [-0.3, -0.25) is 0 Å². The van der Waals surface area contributed by atoms with Gasteiger partial charge >= 0.3 is 0 Å². The van der Waals surface area contributed by atoms with Gasteiger partial charge in [-0.1, -0.05) is 25.7 Å². The summed E-state index contributed by atoms with van der Waals surface area (Å²) < 4.78 is 0. The normalized spacial score (nSPS) is 33.8. The Balaban J connectivity index is 1.80. The van der Waals surface area contributed by atoms with E-state index < -0.39 is 0 Å². The quantitative estimate of drug-likeness (QED) is 0.775. The lowest BCUT2D eigenvalue weighted by Gasteiger charge is -2.37. The number of hydrogen-bond acceptors (Lipinski definition) is 2. The van der Waals surface area contributed by atoms with Crippen LogP contribution in [0.2, 0.25) is 0 Å². The van der Waals surface area contributed by atoms with Crippen molar-refractivity contribution >= 4 is 0 Å². The molecule has 0 aromatic rings. The Hall–Kier alpha value is -0.0800. The summed E-state index contributed by atoms with van der Waals surface area (Å²) in [6.07, 6.45) is 11.1. The molecular formula is C13H26N2. The van der Waals surface area contributed by atoms with Crippen molar-refractivity contribution in [2.75, 3.05) is 13.6 Å². The lowest BCUT2D eigenvalue weighted by Crippen LogP contribution is -2.49. The molecule has 2 heteroatoms. The second kappa shape index (κ2) is 5.31. The molecule has 2 fully saturated rings. The van der Waals surface area contributed by atoms with Crippen molar-refractivity contribution < 1.29 is 0 Å². The molecule has 0 amide bonds. The average Bonchev–Trinajstić information content (AvgIpc) is 2.71. The van der Waals surface area contributed by atoms with Gasteiger partial charge in [-0.15, -0.1) is 0 Å². The van der Waals surface area contributed by atoms with E-state index in [0.29, 0.717) is 12.1 Å². The van der Waals surface area contributed by atoms with Crippen molar-refractivity contribution in [3.8, 4) is 0 Å². The van der Waals surface area contributed by atoms with E-state index in [2.05, 4.69) is 11.9 Å². The molecule has 0 spiro atoms. The summed E-state index contributed by atoms with van der Waals surface area (Å²) in [5.41, 5.74) is 6.21. The molecule has 2 rings (SSSR count). The molecule has 2 saturated carbocycles. The van der Waals surface area contributed by atoms with E-state index in [1.807, 2.05) is 0 Å². The summed E-state index contributed by atoms with van der Waals surface area (Å²) in [6.45, 7) is 1.29. The highest BCUT2D eigenvalue weighted by Gasteiger charge is 2.27. The topological polar surface area (TPSA) is 29.3 Å². The summed E-state index contributed by atoms with van der Waals surface area (Å²) in [5, 5.41) is 0. The van der Waals surface area contributed by atoms with Gasteiger partial charge in [0, 0.05) is 18.6 Å². The maximum atomic E-state index is 6.21. The van der Waals surface area contributed by atoms with Crippen LogP contribution in [0.5, 0.6) is 0 Å². The van der Waals surface area contributed by atoms with E-state index in [1.54, 1.807) is 0 Å². The third-order valence-electron chi connectivity index (χ3n) is 4.37. The van der Waals surface area contributed by atoms with Crippen molar-refractivity contribution in [1.82, 2.24) is 4.90 Å². The predicted molar refractivity (Wildman–Crippen MR) is 64.8 cm³/mol. The summed E-state index contributed by atoms with van der Waals surface area (Å²) in [5.74, 6) is 0.962. The molecule has 2 unspecified atom stereocenters. The predicted octanol–water partition coefficient (Wildman–Crippen LogP) is 2.38. The van der Waals surface area contributed by atoms with Crippen LogP contribution < -0.4 is 5.73 Å². The number of hydrogen-bond donors (Lipinski definition) is 1. The van der Waals surface area contributed by atoms with E-state index in [4.69, 9.17) is 5.73 Å². The van der Waals surface area contributed by atoms with Gasteiger partial charge in [-0.25, -0.2) is 0 Å². The van der Waals surface area contributed by atoms with E-state index in [9.17, 15) is 0 Å². The SMILES string of the molecule is CN(CC1CCCC1)C1CCCCC1N. The molecule has 0 aromatic heterocycles. The zero-order valence-corrected chi connectivity index (χ0v) is 10.1. The van der Waals surface area contributed by atoms with Gasteiger partial charge in [0.05, 0.1) is 0 Å². The largest absolute Gasteiger partial charge is 0.326 e. The van der Waals surface area contributed by atoms with Crippen molar-refractivity contribution in [3.05, 3.63) is 0 Å². The minimum atomic E-state index is 0.435. The van der Waals surface area contributed by atoms with E-state index in [0.717, 1.165) is 5.92 Å². The van der Waals surface area contributed by atoms with Crippen LogP contribution >= 0.6 is 0 Å². The average molecular weight is 210 g/mol. The molecule has 0 heterocycles. The van der Waals surface area contributed by atoms with Crippen molar-refractivity contribution in [3.63, 3.8) is 0 Å². The van der Waals surface area contributed by atoms with Crippen LogP contribution in [0.25, 0.3) is 0 Å². The minimum absolute atomic E-state index is 0.435. The highest BCUT2D eigenvalue weighted by atomic mass is 15.1. The number of rotatable bonds is 3. The van der Waals surface area contributed by atoms with Crippen molar-refractivity contribution in [1.29, 1.82) is 0 Å². The van der Waals surface area contributed by atoms with Gasteiger partial charge in [0.2, 0.25) is 0 Å². The van der Waals surface area contributed by atoms with Crippen LogP contribution in [0.3, 0.4) is 0 Å². The van der Waals surface area contributed by atoms with Crippen LogP contribution in [0, 0.1) is 5.92 Å². The molecule has 2 aliphatic carbocycles. The van der Waals surface area contributed by atoms with Crippen LogP contribution in [0.1, 0.15) is 51.4 Å². The molecule has 0 saturated heterocycles. The molecule has 15 heavy (non-hydrogen) atoms. The fourth-order valence-electron chi connectivity index (χ4n) is 3.42. The molecule has 0 aliphatic heterocycles. The molecule has 88 valence electrons. The first-order valence-electron chi connectivity index (χ1n) is 6.73. The van der Waals surface area contributed by atoms with Gasteiger partial charge in [-0.2, -0.15) is 0 Å². The highest BCUT2D eigenvalue weighted by Crippen LogP contribution is 2.28. The van der Waals surface area contributed by atoms with E-state index in [-0.39, 0.29) is 0 Å². The first kappa shape index (κ1) is 11.4. The lowest BCUT2D eigenvalue weighted by atomic mass is 9.89. The summed E-state index contributed by atoms with van der Waals surface area (Å²) in [4.78, 5) is 2.56. The first-order chi connectivity index (χ1) is 7.27. The lowest BCUT2D eigenvalue weighted by molar-refractivity contribution is 0.148. The van der Waals surface area contributed by atoms with Gasteiger partial charge in [0.1, 0.15) is 0 Å². The third-order valence-corrected chi connectivity index (χ3v) is 4.37. The minimum Gasteiger partial charge on any atom is -0.326 e. The van der Waals surface area contributed by atoms with Gasteiger partial charge < -0.3 is 10.6 Å². The Bertz CT molecular complexity index is 187. The van der Waals surface area contributed by atoms with Crippen LogP contribution in [-0.4, -0.2) is 30.6 Å². The molecule has 2 nitrogen and oxygen atoms in total. The van der Waals surface area contributed by atoms with Gasteiger partial charge in [0.15, 0.2) is 0 Å². The van der Waals surface area contributed by atoms with Gasteiger partial charge in [-0.05, 0) is 38.6 Å². The first-order valence-corrected chi connectivity index (χ1v) is 6.73. The second-order valence-electron chi connectivity index (χ2n) is 5.61. The zero-order valence-electron chi connectivity index (χ0n) is 10.1. The molecule has 0 aromatic carbocycles. The summed E-state index contributed by atoms with van der Waals surface area (Å²) in [7, 11) is 2.29. The zero-order chi connectivity index (χ0) is 10.7. The Morgan fingerprint density at radius 3 is 2.27 bits per heavy atom. The van der Waals surface area contributed by atoms with Crippen LogP contribution in [0.4, 0.5) is 0 Å². The van der Waals surface area contributed by atoms with Crippen LogP contribution in [-0.2, 0) is 0 Å². The molecule has 2 atom stereocenters. The molecule has 0 bridgehead atoms. The fraction of sp³-hybridized carbons (Fsp3) is 1.00. The number of likely N-dealkylation sites (N-methyl/N-ethyl adjacent to an activating group) is 1. The maximum absolute atomic E-state index is 6.21. The Morgan fingerprint density at radius 2 is 1.60 bits per heavy atom. The Labute approximate surface area is 94.2 Å². The van der Waals surface area contributed by atoms with Crippen molar-refractivity contribution in [2.24, 2.45) is 11.7 Å². The van der Waals surface area contributed by atoms with E-state index >= 15 is 0 Å². The van der Waals surface area contributed by atoms with E-state index in [1.165, 1.54) is 57.9 Å². The fourth-order valence-corrected chi connectivity index (χ4v) is 3.42. The van der Waals surface area contributed by atoms with Gasteiger partial charge in [0.25, 0.3) is 0 Å².